The van der Waals surface area contributed by atoms with Gasteiger partial charge in [-0.15, -0.1) is 0 Å². The highest BCUT2D eigenvalue weighted by Gasteiger charge is 2.07. The van der Waals surface area contributed by atoms with E-state index in [0.717, 1.165) is 11.1 Å². The first-order valence-corrected chi connectivity index (χ1v) is 5.34. The maximum absolute atomic E-state index is 11.4. The first-order chi connectivity index (χ1) is 8.08. The Kier molecular flexibility index (Phi) is 2.83. The third-order valence-corrected chi connectivity index (χ3v) is 2.63. The van der Waals surface area contributed by atoms with E-state index in [4.69, 9.17) is 11.5 Å². The molecule has 0 saturated carbocycles. The predicted octanol–water partition coefficient (Wildman–Crippen LogP) is 2.72. The van der Waals surface area contributed by atoms with Crippen LogP contribution < -0.4 is 11.5 Å². The second-order valence-electron chi connectivity index (χ2n) is 3.99. The number of para-hydroxylation sites is 1. The molecule has 2 rings (SSSR count). The average molecular weight is 226 g/mol. The minimum atomic E-state index is -0.00643. The third-order valence-electron chi connectivity index (χ3n) is 2.63. The molecular weight excluding hydrogens is 212 g/mol. The van der Waals surface area contributed by atoms with E-state index in [0.29, 0.717) is 16.9 Å². The van der Waals surface area contributed by atoms with E-state index in [9.17, 15) is 4.79 Å². The van der Waals surface area contributed by atoms with Crippen LogP contribution >= 0.6 is 0 Å². The Balaban J connectivity index is 2.60. The summed E-state index contributed by atoms with van der Waals surface area (Å²) in [6.45, 7) is 1.52. The zero-order valence-corrected chi connectivity index (χ0v) is 9.60. The first kappa shape index (κ1) is 11.2. The largest absolute Gasteiger partial charge is 0.399 e. The first-order valence-electron chi connectivity index (χ1n) is 5.34. The van der Waals surface area contributed by atoms with Crippen LogP contribution in [0.3, 0.4) is 0 Å². The van der Waals surface area contributed by atoms with Gasteiger partial charge < -0.3 is 11.5 Å². The third kappa shape index (κ3) is 2.28. The number of nitrogen functional groups attached to an aromatic ring is 2. The number of anilines is 2. The van der Waals surface area contributed by atoms with Gasteiger partial charge in [0.05, 0.1) is 0 Å². The fraction of sp³-hybridized carbons (Fsp3) is 0.0714. The molecule has 0 aliphatic carbocycles. The fourth-order valence-corrected chi connectivity index (χ4v) is 1.77. The van der Waals surface area contributed by atoms with Gasteiger partial charge in [0.25, 0.3) is 0 Å². The topological polar surface area (TPSA) is 69.1 Å². The van der Waals surface area contributed by atoms with Crippen LogP contribution in [0.4, 0.5) is 11.4 Å². The lowest BCUT2D eigenvalue weighted by Crippen LogP contribution is -1.97. The smallest absolute Gasteiger partial charge is 0.159 e. The second kappa shape index (κ2) is 4.29. The predicted molar refractivity (Wildman–Crippen MR) is 70.7 cm³/mol. The number of hydrogen-bond donors (Lipinski definition) is 2. The summed E-state index contributed by atoms with van der Waals surface area (Å²) in [5, 5.41) is 0. The Morgan fingerprint density at radius 1 is 1.06 bits per heavy atom. The maximum Gasteiger partial charge on any atom is 0.159 e. The average Bonchev–Trinajstić information content (AvgIpc) is 2.28. The van der Waals surface area contributed by atoms with E-state index in [-0.39, 0.29) is 5.78 Å². The zero-order chi connectivity index (χ0) is 12.4. The Hall–Kier alpha value is -2.29. The summed E-state index contributed by atoms with van der Waals surface area (Å²) in [5.74, 6) is -0.00643. The van der Waals surface area contributed by atoms with E-state index in [2.05, 4.69) is 0 Å². The number of rotatable bonds is 2. The van der Waals surface area contributed by atoms with Gasteiger partial charge in [-0.05, 0) is 36.8 Å². The van der Waals surface area contributed by atoms with Crippen LogP contribution in [-0.2, 0) is 0 Å². The number of hydrogen-bond acceptors (Lipinski definition) is 3. The van der Waals surface area contributed by atoms with Crippen LogP contribution in [0.1, 0.15) is 17.3 Å². The van der Waals surface area contributed by atoms with Crippen molar-refractivity contribution in [1.82, 2.24) is 0 Å². The standard InChI is InChI=1S/C14H14N2O/c1-9(17)10-6-11(8-12(15)7-10)13-4-2-3-5-14(13)16/h2-8H,15-16H2,1H3. The quantitative estimate of drug-likeness (QED) is 0.611. The summed E-state index contributed by atoms with van der Waals surface area (Å²) in [6, 6.07) is 12.8. The number of carbonyl (C=O) groups excluding carboxylic acids is 1. The molecule has 86 valence electrons. The van der Waals surface area contributed by atoms with Gasteiger partial charge in [0, 0.05) is 22.5 Å². The molecule has 0 aliphatic rings. The summed E-state index contributed by atoms with van der Waals surface area (Å²) in [6.07, 6.45) is 0. The zero-order valence-electron chi connectivity index (χ0n) is 9.60. The van der Waals surface area contributed by atoms with Crippen molar-refractivity contribution in [1.29, 1.82) is 0 Å². The lowest BCUT2D eigenvalue weighted by molar-refractivity contribution is 0.101. The summed E-state index contributed by atoms with van der Waals surface area (Å²) in [5.41, 5.74) is 15.3. The van der Waals surface area contributed by atoms with E-state index in [1.165, 1.54) is 6.92 Å². The molecular formula is C14H14N2O. The summed E-state index contributed by atoms with van der Waals surface area (Å²) in [7, 11) is 0. The minimum absolute atomic E-state index is 0.00643. The number of Topliss-reactive ketones (excluding diaryl/α,β-unsaturated/α-hetero) is 1. The SMILES string of the molecule is CC(=O)c1cc(N)cc(-c2ccccc2N)c1. The number of carbonyl (C=O) groups is 1. The van der Waals surface area contributed by atoms with Crippen LogP contribution in [-0.4, -0.2) is 5.78 Å². The normalized spacial score (nSPS) is 10.2. The highest BCUT2D eigenvalue weighted by Crippen LogP contribution is 2.28. The molecule has 0 spiro atoms. The fourth-order valence-electron chi connectivity index (χ4n) is 1.77. The number of nitrogens with two attached hydrogens (primary N) is 2. The van der Waals surface area contributed by atoms with Crippen molar-refractivity contribution in [3.63, 3.8) is 0 Å². The molecule has 4 N–H and O–H groups in total. The molecule has 0 atom stereocenters. The summed E-state index contributed by atoms with van der Waals surface area (Å²) < 4.78 is 0. The van der Waals surface area contributed by atoms with Crippen molar-refractivity contribution in [3.8, 4) is 11.1 Å². The van der Waals surface area contributed by atoms with Crippen molar-refractivity contribution in [2.24, 2.45) is 0 Å². The van der Waals surface area contributed by atoms with E-state index in [1.807, 2.05) is 36.4 Å². The monoisotopic (exact) mass is 226 g/mol. The van der Waals surface area contributed by atoms with Gasteiger partial charge in [0.2, 0.25) is 0 Å². The molecule has 0 radical (unpaired) electrons. The highest BCUT2D eigenvalue weighted by molar-refractivity contribution is 5.97. The summed E-state index contributed by atoms with van der Waals surface area (Å²) >= 11 is 0. The molecule has 0 bridgehead atoms. The molecule has 17 heavy (non-hydrogen) atoms. The molecule has 2 aromatic carbocycles. The molecule has 0 heterocycles. The Morgan fingerprint density at radius 2 is 1.76 bits per heavy atom. The lowest BCUT2D eigenvalue weighted by Gasteiger charge is -2.08. The van der Waals surface area contributed by atoms with Crippen LogP contribution in [0, 0.1) is 0 Å². The van der Waals surface area contributed by atoms with Gasteiger partial charge in [0.15, 0.2) is 5.78 Å². The van der Waals surface area contributed by atoms with Crippen LogP contribution in [0.25, 0.3) is 11.1 Å². The number of ketones is 1. The molecule has 2 aromatic rings. The second-order valence-corrected chi connectivity index (χ2v) is 3.99. The summed E-state index contributed by atoms with van der Waals surface area (Å²) in [4.78, 5) is 11.4. The maximum atomic E-state index is 11.4. The highest BCUT2D eigenvalue weighted by atomic mass is 16.1. The van der Waals surface area contributed by atoms with Crippen LogP contribution in [0.2, 0.25) is 0 Å². The Labute approximate surface area is 100 Å². The van der Waals surface area contributed by atoms with E-state index in [1.54, 1.807) is 6.07 Å². The Bertz CT molecular complexity index is 576. The van der Waals surface area contributed by atoms with Crippen LogP contribution in [0.15, 0.2) is 42.5 Å². The molecule has 0 unspecified atom stereocenters. The van der Waals surface area contributed by atoms with Gasteiger partial charge >= 0.3 is 0 Å². The van der Waals surface area contributed by atoms with E-state index >= 15 is 0 Å². The molecule has 3 nitrogen and oxygen atoms in total. The van der Waals surface area contributed by atoms with Crippen LogP contribution in [0.5, 0.6) is 0 Å². The molecule has 0 fully saturated rings. The van der Waals surface area contributed by atoms with Crippen molar-refractivity contribution in [3.05, 3.63) is 48.0 Å². The molecule has 0 aliphatic heterocycles. The molecule has 0 aromatic heterocycles. The van der Waals surface area contributed by atoms with E-state index < -0.39 is 0 Å². The van der Waals surface area contributed by atoms with Gasteiger partial charge in [0.1, 0.15) is 0 Å². The van der Waals surface area contributed by atoms with Gasteiger partial charge in [-0.1, -0.05) is 18.2 Å². The number of benzene rings is 2. The Morgan fingerprint density at radius 3 is 2.41 bits per heavy atom. The molecule has 0 amide bonds. The minimum Gasteiger partial charge on any atom is -0.399 e. The van der Waals surface area contributed by atoms with Crippen molar-refractivity contribution in [2.75, 3.05) is 11.5 Å². The van der Waals surface area contributed by atoms with Gasteiger partial charge in [-0.3, -0.25) is 4.79 Å². The van der Waals surface area contributed by atoms with Crippen molar-refractivity contribution in [2.45, 2.75) is 6.92 Å². The lowest BCUT2D eigenvalue weighted by atomic mass is 9.99. The molecule has 3 heteroatoms. The van der Waals surface area contributed by atoms with Gasteiger partial charge in [-0.2, -0.15) is 0 Å². The van der Waals surface area contributed by atoms with Crippen molar-refractivity contribution < 1.29 is 4.79 Å². The van der Waals surface area contributed by atoms with Gasteiger partial charge in [-0.25, -0.2) is 0 Å². The van der Waals surface area contributed by atoms with Crippen molar-refractivity contribution >= 4 is 17.2 Å². The molecule has 0 saturated heterocycles.